The SMILES string of the molecule is Cl.Fc1ccc(-c2[nH]ncc2CN2CCC3(CCNC3)C2)cc1. The van der Waals surface area contributed by atoms with Gasteiger partial charge < -0.3 is 5.32 Å². The van der Waals surface area contributed by atoms with E-state index >= 15 is 0 Å². The van der Waals surface area contributed by atoms with Gasteiger partial charge in [-0.1, -0.05) is 0 Å². The molecule has 1 spiro atoms. The van der Waals surface area contributed by atoms with Crippen LogP contribution in [0.4, 0.5) is 4.39 Å². The number of rotatable bonds is 3. The van der Waals surface area contributed by atoms with E-state index in [9.17, 15) is 4.39 Å². The predicted octanol–water partition coefficient (Wildman–Crippen LogP) is 2.82. The van der Waals surface area contributed by atoms with Gasteiger partial charge in [-0.05, 0) is 55.6 Å². The monoisotopic (exact) mass is 336 g/mol. The van der Waals surface area contributed by atoms with E-state index in [1.165, 1.54) is 30.5 Å². The lowest BCUT2D eigenvalue weighted by atomic mass is 9.86. The molecule has 2 aliphatic heterocycles. The smallest absolute Gasteiger partial charge is 0.123 e. The Balaban J connectivity index is 0.00000156. The van der Waals surface area contributed by atoms with Crippen LogP contribution in [0.1, 0.15) is 18.4 Å². The summed E-state index contributed by atoms with van der Waals surface area (Å²) >= 11 is 0. The predicted molar refractivity (Wildman–Crippen MR) is 91.0 cm³/mol. The highest BCUT2D eigenvalue weighted by molar-refractivity contribution is 5.85. The minimum Gasteiger partial charge on any atom is -0.316 e. The van der Waals surface area contributed by atoms with Crippen LogP contribution in [0.5, 0.6) is 0 Å². The van der Waals surface area contributed by atoms with E-state index < -0.39 is 0 Å². The first-order valence-electron chi connectivity index (χ1n) is 7.95. The Morgan fingerprint density at radius 1 is 1.22 bits per heavy atom. The second-order valence-electron chi connectivity index (χ2n) is 6.66. The largest absolute Gasteiger partial charge is 0.316 e. The Morgan fingerprint density at radius 3 is 2.78 bits per heavy atom. The van der Waals surface area contributed by atoms with Crippen LogP contribution in [0, 0.1) is 11.2 Å². The van der Waals surface area contributed by atoms with Gasteiger partial charge in [-0.15, -0.1) is 12.4 Å². The summed E-state index contributed by atoms with van der Waals surface area (Å²) in [7, 11) is 0. The topological polar surface area (TPSA) is 44.0 Å². The summed E-state index contributed by atoms with van der Waals surface area (Å²) in [6, 6.07) is 6.60. The minimum atomic E-state index is -0.208. The van der Waals surface area contributed by atoms with E-state index in [0.29, 0.717) is 5.41 Å². The normalized spacial score (nSPS) is 24.2. The summed E-state index contributed by atoms with van der Waals surface area (Å²) in [5, 5.41) is 10.8. The zero-order valence-corrected chi connectivity index (χ0v) is 13.8. The highest BCUT2D eigenvalue weighted by atomic mass is 35.5. The molecule has 0 aliphatic carbocycles. The third-order valence-electron chi connectivity index (χ3n) is 5.09. The number of halogens is 2. The van der Waals surface area contributed by atoms with E-state index in [2.05, 4.69) is 20.4 Å². The zero-order chi connectivity index (χ0) is 15.0. The van der Waals surface area contributed by atoms with E-state index in [4.69, 9.17) is 0 Å². The quantitative estimate of drug-likeness (QED) is 0.906. The van der Waals surface area contributed by atoms with Gasteiger partial charge in [-0.3, -0.25) is 10.00 Å². The highest BCUT2D eigenvalue weighted by Gasteiger charge is 2.40. The number of nitrogens with one attached hydrogen (secondary N) is 2. The molecular formula is C17H22ClFN4. The van der Waals surface area contributed by atoms with Crippen molar-refractivity contribution in [3.05, 3.63) is 41.8 Å². The molecule has 1 unspecified atom stereocenters. The number of benzene rings is 1. The van der Waals surface area contributed by atoms with Crippen LogP contribution in [-0.4, -0.2) is 41.3 Å². The lowest BCUT2D eigenvalue weighted by Gasteiger charge is -2.22. The van der Waals surface area contributed by atoms with Crippen LogP contribution in [0.3, 0.4) is 0 Å². The van der Waals surface area contributed by atoms with Crippen molar-refractivity contribution >= 4 is 12.4 Å². The fraction of sp³-hybridized carbons (Fsp3) is 0.471. The molecule has 0 saturated carbocycles. The van der Waals surface area contributed by atoms with Gasteiger partial charge in [0.1, 0.15) is 5.82 Å². The first-order valence-corrected chi connectivity index (χ1v) is 7.95. The van der Waals surface area contributed by atoms with Crippen LogP contribution in [0.15, 0.2) is 30.5 Å². The molecule has 0 radical (unpaired) electrons. The average molecular weight is 337 g/mol. The molecule has 0 amide bonds. The molecule has 4 rings (SSSR count). The molecule has 3 heterocycles. The molecule has 2 fully saturated rings. The molecule has 2 N–H and O–H groups in total. The molecule has 0 bridgehead atoms. The fourth-order valence-electron chi connectivity index (χ4n) is 3.84. The Labute approximate surface area is 141 Å². The minimum absolute atomic E-state index is 0. The second kappa shape index (κ2) is 6.59. The standard InChI is InChI=1S/C17H21FN4.ClH/c18-15-3-1-13(2-4-15)16-14(9-20-21-16)10-22-8-6-17(12-22)5-7-19-11-17;/h1-4,9,19H,5-8,10-12H2,(H,20,21);1H. The first-order chi connectivity index (χ1) is 10.7. The number of nitrogens with zero attached hydrogens (tertiary/aromatic N) is 2. The maximum absolute atomic E-state index is 13.1. The molecule has 6 heteroatoms. The lowest BCUT2D eigenvalue weighted by Crippen LogP contribution is -2.28. The lowest BCUT2D eigenvalue weighted by molar-refractivity contribution is 0.269. The molecule has 1 atom stereocenters. The summed E-state index contributed by atoms with van der Waals surface area (Å²) in [6.07, 6.45) is 4.47. The van der Waals surface area contributed by atoms with Crippen molar-refractivity contribution in [2.24, 2.45) is 5.41 Å². The summed E-state index contributed by atoms with van der Waals surface area (Å²) in [5.41, 5.74) is 3.67. The molecule has 124 valence electrons. The molecule has 2 saturated heterocycles. The van der Waals surface area contributed by atoms with Gasteiger partial charge in [0, 0.05) is 30.8 Å². The van der Waals surface area contributed by atoms with Crippen molar-refractivity contribution in [2.45, 2.75) is 19.4 Å². The van der Waals surface area contributed by atoms with E-state index in [1.54, 1.807) is 12.1 Å². The molecule has 2 aliphatic rings. The van der Waals surface area contributed by atoms with Gasteiger partial charge in [0.2, 0.25) is 0 Å². The van der Waals surface area contributed by atoms with Crippen LogP contribution in [-0.2, 0) is 6.54 Å². The van der Waals surface area contributed by atoms with Gasteiger partial charge in [-0.25, -0.2) is 4.39 Å². The third-order valence-corrected chi connectivity index (χ3v) is 5.09. The van der Waals surface area contributed by atoms with Crippen LogP contribution < -0.4 is 5.32 Å². The summed E-state index contributed by atoms with van der Waals surface area (Å²) < 4.78 is 13.1. The van der Waals surface area contributed by atoms with Gasteiger partial charge >= 0.3 is 0 Å². The summed E-state index contributed by atoms with van der Waals surface area (Å²) in [5.74, 6) is -0.208. The number of likely N-dealkylation sites (tertiary alicyclic amines) is 1. The number of aromatic nitrogens is 2. The van der Waals surface area contributed by atoms with Crippen molar-refractivity contribution in [3.63, 3.8) is 0 Å². The molecule has 2 aromatic rings. The first kappa shape index (κ1) is 16.4. The molecular weight excluding hydrogens is 315 g/mol. The average Bonchev–Trinajstić information content (AvgIpc) is 3.24. The maximum Gasteiger partial charge on any atom is 0.123 e. The molecule has 4 nitrogen and oxygen atoms in total. The molecule has 1 aromatic heterocycles. The fourth-order valence-corrected chi connectivity index (χ4v) is 3.84. The Hall–Kier alpha value is -1.43. The number of H-pyrrole nitrogens is 1. The molecule has 23 heavy (non-hydrogen) atoms. The number of aromatic amines is 1. The highest BCUT2D eigenvalue weighted by Crippen LogP contribution is 2.37. The Morgan fingerprint density at radius 2 is 2.04 bits per heavy atom. The Bertz CT molecular complexity index is 649. The van der Waals surface area contributed by atoms with Gasteiger partial charge in [0.25, 0.3) is 0 Å². The van der Waals surface area contributed by atoms with E-state index in [1.807, 2.05) is 6.20 Å². The number of hydrogen-bond donors (Lipinski definition) is 2. The van der Waals surface area contributed by atoms with Crippen LogP contribution >= 0.6 is 12.4 Å². The van der Waals surface area contributed by atoms with Crippen LogP contribution in [0.25, 0.3) is 11.3 Å². The van der Waals surface area contributed by atoms with Crippen molar-refractivity contribution < 1.29 is 4.39 Å². The third kappa shape index (κ3) is 3.27. The zero-order valence-electron chi connectivity index (χ0n) is 13.0. The summed E-state index contributed by atoms with van der Waals surface area (Å²) in [6.45, 7) is 5.52. The van der Waals surface area contributed by atoms with Crippen molar-refractivity contribution in [2.75, 3.05) is 26.2 Å². The van der Waals surface area contributed by atoms with Gasteiger partial charge in [0.05, 0.1) is 11.9 Å². The van der Waals surface area contributed by atoms with E-state index in [0.717, 1.165) is 44.0 Å². The Kier molecular flexibility index (Phi) is 4.71. The van der Waals surface area contributed by atoms with Crippen molar-refractivity contribution in [1.29, 1.82) is 0 Å². The van der Waals surface area contributed by atoms with E-state index in [-0.39, 0.29) is 18.2 Å². The van der Waals surface area contributed by atoms with Crippen LogP contribution in [0.2, 0.25) is 0 Å². The van der Waals surface area contributed by atoms with Gasteiger partial charge in [0.15, 0.2) is 0 Å². The number of hydrogen-bond acceptors (Lipinski definition) is 3. The summed E-state index contributed by atoms with van der Waals surface area (Å²) in [4.78, 5) is 2.52. The second-order valence-corrected chi connectivity index (χ2v) is 6.66. The van der Waals surface area contributed by atoms with Crippen molar-refractivity contribution in [1.82, 2.24) is 20.4 Å². The van der Waals surface area contributed by atoms with Crippen molar-refractivity contribution in [3.8, 4) is 11.3 Å². The van der Waals surface area contributed by atoms with Gasteiger partial charge in [-0.2, -0.15) is 5.10 Å². The maximum atomic E-state index is 13.1. The molecule has 1 aromatic carbocycles.